The molecular formula is C19H28FN3O3. The lowest BCUT2D eigenvalue weighted by molar-refractivity contribution is -0.135. The molecule has 1 saturated heterocycles. The molecule has 1 aromatic rings. The fourth-order valence-corrected chi connectivity index (χ4v) is 3.08. The first kappa shape index (κ1) is 20.2. The van der Waals surface area contributed by atoms with Gasteiger partial charge in [0.1, 0.15) is 11.6 Å². The number of rotatable bonds is 9. The second kappa shape index (κ2) is 10.8. The van der Waals surface area contributed by atoms with Crippen molar-refractivity contribution in [2.75, 3.05) is 26.2 Å². The first-order valence-electron chi connectivity index (χ1n) is 9.24. The third kappa shape index (κ3) is 6.63. The van der Waals surface area contributed by atoms with E-state index in [2.05, 4.69) is 5.32 Å². The minimum atomic E-state index is -0.303. The van der Waals surface area contributed by atoms with Crippen LogP contribution in [-0.4, -0.2) is 49.0 Å². The van der Waals surface area contributed by atoms with Crippen molar-refractivity contribution in [2.45, 2.75) is 44.6 Å². The van der Waals surface area contributed by atoms with Crippen molar-refractivity contribution in [3.8, 4) is 5.75 Å². The molecule has 0 radical (unpaired) electrons. The molecule has 1 unspecified atom stereocenters. The highest BCUT2D eigenvalue weighted by Gasteiger charge is 2.26. The van der Waals surface area contributed by atoms with E-state index in [9.17, 15) is 14.0 Å². The van der Waals surface area contributed by atoms with Crippen molar-refractivity contribution in [2.24, 2.45) is 5.73 Å². The van der Waals surface area contributed by atoms with Gasteiger partial charge >= 0.3 is 0 Å². The van der Waals surface area contributed by atoms with E-state index < -0.39 is 0 Å². The van der Waals surface area contributed by atoms with Gasteiger partial charge in [0.15, 0.2) is 0 Å². The summed E-state index contributed by atoms with van der Waals surface area (Å²) in [4.78, 5) is 26.0. The zero-order valence-corrected chi connectivity index (χ0v) is 15.1. The summed E-state index contributed by atoms with van der Waals surface area (Å²) in [5.41, 5.74) is 5.38. The normalized spacial score (nSPS) is 17.0. The molecule has 3 N–H and O–H groups in total. The lowest BCUT2D eigenvalue weighted by atomic mass is 10.0. The lowest BCUT2D eigenvalue weighted by Crippen LogP contribution is -2.49. The number of carbonyl (C=O) groups is 2. The highest BCUT2D eigenvalue weighted by molar-refractivity contribution is 5.77. The van der Waals surface area contributed by atoms with Crippen LogP contribution in [0.1, 0.15) is 38.5 Å². The maximum atomic E-state index is 12.8. The van der Waals surface area contributed by atoms with E-state index in [-0.39, 0.29) is 23.7 Å². The highest BCUT2D eigenvalue weighted by Crippen LogP contribution is 2.18. The van der Waals surface area contributed by atoms with Gasteiger partial charge in [-0.3, -0.25) is 9.59 Å². The molecule has 0 bridgehead atoms. The molecule has 26 heavy (non-hydrogen) atoms. The summed E-state index contributed by atoms with van der Waals surface area (Å²) in [6.45, 7) is 1.95. The van der Waals surface area contributed by atoms with Crippen LogP contribution >= 0.6 is 0 Å². The molecule has 1 aliphatic heterocycles. The predicted molar refractivity (Wildman–Crippen MR) is 97.2 cm³/mol. The van der Waals surface area contributed by atoms with Crippen molar-refractivity contribution >= 4 is 11.8 Å². The van der Waals surface area contributed by atoms with Gasteiger partial charge in [-0.05, 0) is 49.9 Å². The predicted octanol–water partition coefficient (Wildman–Crippen LogP) is 1.83. The second-order valence-corrected chi connectivity index (χ2v) is 6.49. The van der Waals surface area contributed by atoms with Crippen LogP contribution in [0.25, 0.3) is 0 Å². The summed E-state index contributed by atoms with van der Waals surface area (Å²) in [6.07, 6.45) is 4.26. The fourth-order valence-electron chi connectivity index (χ4n) is 3.08. The number of piperidine rings is 1. The Morgan fingerprint density at radius 2 is 2.00 bits per heavy atom. The molecular weight excluding hydrogens is 337 g/mol. The van der Waals surface area contributed by atoms with E-state index in [0.717, 1.165) is 25.8 Å². The van der Waals surface area contributed by atoms with Gasteiger partial charge in [0.05, 0.1) is 6.61 Å². The maximum absolute atomic E-state index is 12.8. The van der Waals surface area contributed by atoms with Crippen LogP contribution in [0, 0.1) is 5.82 Å². The Morgan fingerprint density at radius 3 is 2.73 bits per heavy atom. The van der Waals surface area contributed by atoms with Crippen LogP contribution in [0.3, 0.4) is 0 Å². The van der Waals surface area contributed by atoms with E-state index in [1.165, 1.54) is 12.1 Å². The van der Waals surface area contributed by atoms with Crippen LogP contribution < -0.4 is 15.8 Å². The van der Waals surface area contributed by atoms with Crippen LogP contribution in [0.2, 0.25) is 0 Å². The molecule has 144 valence electrons. The average molecular weight is 365 g/mol. The molecule has 0 spiro atoms. The number of nitrogens with one attached hydrogen (secondary N) is 1. The zero-order valence-electron chi connectivity index (χ0n) is 15.1. The molecule has 7 heteroatoms. The van der Waals surface area contributed by atoms with Crippen molar-refractivity contribution < 1.29 is 18.7 Å². The minimum Gasteiger partial charge on any atom is -0.494 e. The Labute approximate surface area is 153 Å². The molecule has 1 fully saturated rings. The number of carbonyl (C=O) groups excluding carboxylic acids is 2. The van der Waals surface area contributed by atoms with Crippen molar-refractivity contribution in [1.29, 1.82) is 0 Å². The van der Waals surface area contributed by atoms with Crippen molar-refractivity contribution in [3.05, 3.63) is 30.1 Å². The number of halogens is 1. The highest BCUT2D eigenvalue weighted by atomic mass is 19.1. The van der Waals surface area contributed by atoms with Crippen LogP contribution in [0.5, 0.6) is 5.75 Å². The van der Waals surface area contributed by atoms with Crippen molar-refractivity contribution in [1.82, 2.24) is 10.2 Å². The molecule has 1 heterocycles. The number of hydrogen-bond acceptors (Lipinski definition) is 4. The molecule has 0 aliphatic carbocycles. The van der Waals surface area contributed by atoms with E-state index in [0.29, 0.717) is 44.7 Å². The van der Waals surface area contributed by atoms with Gasteiger partial charge in [0, 0.05) is 38.5 Å². The van der Waals surface area contributed by atoms with Gasteiger partial charge in [-0.2, -0.15) is 0 Å². The molecule has 0 saturated carbocycles. The van der Waals surface area contributed by atoms with E-state index in [1.54, 1.807) is 12.1 Å². The summed E-state index contributed by atoms with van der Waals surface area (Å²) >= 11 is 0. The molecule has 1 atom stereocenters. The molecule has 0 aromatic heterocycles. The van der Waals surface area contributed by atoms with Crippen LogP contribution in [-0.2, 0) is 9.59 Å². The summed E-state index contributed by atoms with van der Waals surface area (Å²) in [6, 6.07) is 5.88. The molecule has 2 rings (SSSR count). The maximum Gasteiger partial charge on any atom is 0.223 e. The third-order valence-electron chi connectivity index (χ3n) is 4.47. The zero-order chi connectivity index (χ0) is 18.8. The third-order valence-corrected chi connectivity index (χ3v) is 4.47. The first-order valence-corrected chi connectivity index (χ1v) is 9.24. The summed E-state index contributed by atoms with van der Waals surface area (Å²) in [5, 5.41) is 2.86. The summed E-state index contributed by atoms with van der Waals surface area (Å²) in [7, 11) is 0. The molecule has 1 aliphatic rings. The lowest BCUT2D eigenvalue weighted by Gasteiger charge is -2.36. The molecule has 6 nitrogen and oxygen atoms in total. The summed E-state index contributed by atoms with van der Waals surface area (Å²) in [5.74, 6) is 0.309. The number of hydrogen-bond donors (Lipinski definition) is 2. The molecule has 1 aromatic carbocycles. The smallest absolute Gasteiger partial charge is 0.223 e. The van der Waals surface area contributed by atoms with Crippen LogP contribution in [0.4, 0.5) is 4.39 Å². The Balaban J connectivity index is 1.72. The number of likely N-dealkylation sites (tertiary alicyclic amines) is 1. The van der Waals surface area contributed by atoms with Gasteiger partial charge in [0.25, 0.3) is 0 Å². The van der Waals surface area contributed by atoms with E-state index in [4.69, 9.17) is 10.5 Å². The Morgan fingerprint density at radius 1 is 1.23 bits per heavy atom. The van der Waals surface area contributed by atoms with E-state index >= 15 is 0 Å². The minimum absolute atomic E-state index is 0.0518. The average Bonchev–Trinajstić information content (AvgIpc) is 2.65. The monoisotopic (exact) mass is 365 g/mol. The van der Waals surface area contributed by atoms with Crippen LogP contribution in [0.15, 0.2) is 24.3 Å². The second-order valence-electron chi connectivity index (χ2n) is 6.49. The quantitative estimate of drug-likeness (QED) is 0.654. The fraction of sp³-hybridized carbons (Fsp3) is 0.579. The van der Waals surface area contributed by atoms with Crippen molar-refractivity contribution in [3.63, 3.8) is 0 Å². The topological polar surface area (TPSA) is 84.7 Å². The van der Waals surface area contributed by atoms with Gasteiger partial charge in [-0.25, -0.2) is 4.39 Å². The standard InChI is InChI=1S/C19H28FN3O3/c20-15-6-8-17(9-7-15)26-13-3-5-19(25)23-12-2-1-4-16(23)14-22-18(24)10-11-21/h6-9,16H,1-5,10-14,21H2,(H,22,24). The van der Waals surface area contributed by atoms with E-state index in [1.807, 2.05) is 4.90 Å². The number of nitrogens with zero attached hydrogens (tertiary/aromatic N) is 1. The Bertz CT molecular complexity index is 580. The van der Waals surface area contributed by atoms with Gasteiger partial charge in [-0.15, -0.1) is 0 Å². The Kier molecular flexibility index (Phi) is 8.34. The largest absolute Gasteiger partial charge is 0.494 e. The first-order chi connectivity index (χ1) is 12.6. The van der Waals surface area contributed by atoms with Gasteiger partial charge in [-0.1, -0.05) is 0 Å². The summed E-state index contributed by atoms with van der Waals surface area (Å²) < 4.78 is 18.4. The SMILES string of the molecule is NCCC(=O)NCC1CCCCN1C(=O)CCCOc1ccc(F)cc1. The van der Waals surface area contributed by atoms with Gasteiger partial charge in [0.2, 0.25) is 11.8 Å². The number of benzene rings is 1. The van der Waals surface area contributed by atoms with Gasteiger partial charge < -0.3 is 20.7 Å². The molecule has 2 amide bonds. The number of ether oxygens (including phenoxy) is 1. The number of nitrogens with two attached hydrogens (primary N) is 1. The Hall–Kier alpha value is -2.15. The number of amides is 2.